The summed E-state index contributed by atoms with van der Waals surface area (Å²) in [5.74, 6) is -0.393. The Morgan fingerprint density at radius 2 is 1.74 bits per heavy atom. The van der Waals surface area contributed by atoms with Gasteiger partial charge in [-0.25, -0.2) is 0 Å². The van der Waals surface area contributed by atoms with E-state index in [0.29, 0.717) is 14.7 Å². The Balaban J connectivity index is 1.57. The number of imide groups is 1. The van der Waals surface area contributed by atoms with Crippen LogP contribution in [0.5, 0.6) is 11.5 Å². The van der Waals surface area contributed by atoms with Crippen LogP contribution in [0.1, 0.15) is 16.7 Å². The van der Waals surface area contributed by atoms with Crippen molar-refractivity contribution in [3.05, 3.63) is 95.9 Å². The molecule has 3 aromatic carbocycles. The summed E-state index contributed by atoms with van der Waals surface area (Å²) in [6.07, 6.45) is 1.50. The molecule has 1 aliphatic heterocycles. The number of ether oxygens (including phenoxy) is 1. The molecule has 0 radical (unpaired) electrons. The van der Waals surface area contributed by atoms with Gasteiger partial charge in [-0.2, -0.15) is 8.42 Å². The summed E-state index contributed by atoms with van der Waals surface area (Å²) in [7, 11) is -2.77. The highest BCUT2D eigenvalue weighted by Crippen LogP contribution is 2.39. The van der Waals surface area contributed by atoms with Crippen molar-refractivity contribution in [1.29, 1.82) is 0 Å². The van der Waals surface area contributed by atoms with Crippen molar-refractivity contribution in [2.24, 2.45) is 0 Å². The van der Waals surface area contributed by atoms with Gasteiger partial charge in [-0.1, -0.05) is 29.8 Å². The van der Waals surface area contributed by atoms with Crippen LogP contribution in [-0.4, -0.2) is 36.5 Å². The molecule has 2 amide bonds. The van der Waals surface area contributed by atoms with Crippen LogP contribution in [0.2, 0.25) is 0 Å². The summed E-state index contributed by atoms with van der Waals surface area (Å²) in [6.45, 7) is 1.80. The lowest BCUT2D eigenvalue weighted by Crippen LogP contribution is -2.27. The number of nitro groups is 1. The first kappa shape index (κ1) is 27.6. The van der Waals surface area contributed by atoms with Gasteiger partial charge >= 0.3 is 10.1 Å². The molecule has 0 unspecified atom stereocenters. The quantitative estimate of drug-likeness (QED) is 0.100. The maximum absolute atomic E-state index is 12.9. The second-order valence-corrected chi connectivity index (χ2v) is 11.8. The SMILES string of the molecule is COc1cc(/C=C2\SC(=O)N(Cc3ccc([N+](=O)[O-])cc3)C2=O)cc(I)c1OS(=O)(=O)c1ccc(C)cc1. The number of carbonyl (C=O) groups excluding carboxylic acids is 2. The number of carbonyl (C=O) groups is 2. The van der Waals surface area contributed by atoms with Crippen molar-refractivity contribution in [3.8, 4) is 11.5 Å². The van der Waals surface area contributed by atoms with Gasteiger partial charge in [0, 0.05) is 12.1 Å². The predicted molar refractivity (Wildman–Crippen MR) is 149 cm³/mol. The fourth-order valence-electron chi connectivity index (χ4n) is 3.46. The lowest BCUT2D eigenvalue weighted by atomic mass is 10.1. The Hall–Kier alpha value is -3.43. The predicted octanol–water partition coefficient (Wildman–Crippen LogP) is 5.52. The van der Waals surface area contributed by atoms with Crippen LogP contribution >= 0.6 is 34.4 Å². The topological polar surface area (TPSA) is 133 Å². The minimum atomic E-state index is -4.13. The number of amides is 2. The minimum Gasteiger partial charge on any atom is -0.493 e. The molecule has 10 nitrogen and oxygen atoms in total. The molecule has 0 spiro atoms. The van der Waals surface area contributed by atoms with E-state index in [1.54, 1.807) is 18.2 Å². The molecule has 38 heavy (non-hydrogen) atoms. The zero-order valence-electron chi connectivity index (χ0n) is 19.9. The Bertz CT molecular complexity index is 1570. The number of aryl methyl sites for hydroxylation is 1. The number of nitro benzene ring substituents is 1. The monoisotopic (exact) mass is 666 g/mol. The Morgan fingerprint density at radius 3 is 2.34 bits per heavy atom. The zero-order chi connectivity index (χ0) is 27.6. The number of methoxy groups -OCH3 is 1. The van der Waals surface area contributed by atoms with Crippen LogP contribution in [0.4, 0.5) is 10.5 Å². The molecule has 0 bridgehead atoms. The molecule has 0 aromatic heterocycles. The largest absolute Gasteiger partial charge is 0.493 e. The summed E-state index contributed by atoms with van der Waals surface area (Å²) < 4.78 is 36.8. The third-order valence-corrected chi connectivity index (χ3v) is 8.36. The fraction of sp³-hybridized carbons (Fsp3) is 0.120. The minimum absolute atomic E-state index is 0.00268. The van der Waals surface area contributed by atoms with E-state index in [1.807, 2.05) is 29.5 Å². The number of halogens is 1. The summed E-state index contributed by atoms with van der Waals surface area (Å²) >= 11 is 2.66. The first-order valence-electron chi connectivity index (χ1n) is 10.9. The van der Waals surface area contributed by atoms with Crippen LogP contribution in [0, 0.1) is 20.6 Å². The number of thioether (sulfide) groups is 1. The van der Waals surface area contributed by atoms with Crippen molar-refractivity contribution >= 4 is 67.4 Å². The van der Waals surface area contributed by atoms with Crippen molar-refractivity contribution in [1.82, 2.24) is 4.90 Å². The summed E-state index contributed by atoms with van der Waals surface area (Å²) in [4.78, 5) is 37.0. The Kier molecular flexibility index (Phi) is 8.08. The second-order valence-electron chi connectivity index (χ2n) is 8.08. The molecule has 1 heterocycles. The van der Waals surface area contributed by atoms with Crippen molar-refractivity contribution < 1.29 is 31.9 Å². The van der Waals surface area contributed by atoms with Crippen molar-refractivity contribution in [2.45, 2.75) is 18.4 Å². The Morgan fingerprint density at radius 1 is 1.08 bits per heavy atom. The highest BCUT2D eigenvalue weighted by Gasteiger charge is 2.35. The van der Waals surface area contributed by atoms with Gasteiger partial charge in [-0.05, 0) is 82.7 Å². The van der Waals surface area contributed by atoms with Gasteiger partial charge in [0.05, 0.1) is 27.1 Å². The maximum atomic E-state index is 12.9. The number of benzene rings is 3. The molecule has 0 aliphatic carbocycles. The van der Waals surface area contributed by atoms with Crippen LogP contribution in [0.15, 0.2) is 70.5 Å². The number of rotatable bonds is 8. The molecule has 4 rings (SSSR count). The third-order valence-electron chi connectivity index (χ3n) is 5.41. The zero-order valence-corrected chi connectivity index (χ0v) is 23.7. The van der Waals surface area contributed by atoms with E-state index < -0.39 is 26.2 Å². The summed E-state index contributed by atoms with van der Waals surface area (Å²) in [5, 5.41) is 10.4. The van der Waals surface area contributed by atoms with E-state index >= 15 is 0 Å². The molecule has 1 aliphatic rings. The van der Waals surface area contributed by atoms with Crippen LogP contribution < -0.4 is 8.92 Å². The summed E-state index contributed by atoms with van der Waals surface area (Å²) in [6, 6.07) is 14.9. The molecule has 3 aromatic rings. The van der Waals surface area contributed by atoms with Gasteiger partial charge < -0.3 is 8.92 Å². The van der Waals surface area contributed by atoms with Crippen LogP contribution in [-0.2, 0) is 21.5 Å². The van der Waals surface area contributed by atoms with Gasteiger partial charge in [0.25, 0.3) is 16.8 Å². The molecular weight excluding hydrogens is 647 g/mol. The van der Waals surface area contributed by atoms with Gasteiger partial charge in [0.15, 0.2) is 11.5 Å². The number of hydrogen-bond acceptors (Lipinski definition) is 9. The average Bonchev–Trinajstić information content (AvgIpc) is 3.13. The Labute approximate surface area is 236 Å². The summed E-state index contributed by atoms with van der Waals surface area (Å²) in [5.41, 5.74) is 1.86. The van der Waals surface area contributed by atoms with Gasteiger partial charge in [0.2, 0.25) is 0 Å². The van der Waals surface area contributed by atoms with E-state index in [4.69, 9.17) is 8.92 Å². The lowest BCUT2D eigenvalue weighted by Gasteiger charge is -2.14. The van der Waals surface area contributed by atoms with Crippen LogP contribution in [0.25, 0.3) is 6.08 Å². The smallest absolute Gasteiger partial charge is 0.339 e. The standard InChI is InChI=1S/C25H19IN2O8S2/c1-15-3-9-19(10-4-15)38(33,34)36-23-20(26)11-17(12-21(23)35-2)13-22-24(29)27(25(30)37-22)14-16-5-7-18(8-6-16)28(31)32/h3-13H,14H2,1-2H3/b22-13-. The average molecular weight is 666 g/mol. The molecule has 1 fully saturated rings. The molecular formula is C25H19IN2O8S2. The van der Waals surface area contributed by atoms with Gasteiger partial charge in [-0.15, -0.1) is 0 Å². The third kappa shape index (κ3) is 6.00. The maximum Gasteiger partial charge on any atom is 0.339 e. The number of hydrogen-bond donors (Lipinski definition) is 0. The lowest BCUT2D eigenvalue weighted by molar-refractivity contribution is -0.384. The van der Waals surface area contributed by atoms with E-state index in [2.05, 4.69) is 0 Å². The van der Waals surface area contributed by atoms with E-state index in [1.165, 1.54) is 55.7 Å². The molecule has 1 saturated heterocycles. The molecule has 0 atom stereocenters. The van der Waals surface area contributed by atoms with Gasteiger partial charge in [0.1, 0.15) is 4.90 Å². The van der Waals surface area contributed by atoms with E-state index in [0.717, 1.165) is 22.2 Å². The normalized spacial score (nSPS) is 14.7. The van der Waals surface area contributed by atoms with Crippen LogP contribution in [0.3, 0.4) is 0 Å². The molecule has 13 heteroatoms. The number of nitrogens with zero attached hydrogens (tertiary/aromatic N) is 2. The number of non-ortho nitro benzene ring substituents is 1. The molecule has 0 N–H and O–H groups in total. The first-order chi connectivity index (χ1) is 18.0. The highest BCUT2D eigenvalue weighted by molar-refractivity contribution is 14.1. The van der Waals surface area contributed by atoms with Crippen molar-refractivity contribution in [2.75, 3.05) is 7.11 Å². The van der Waals surface area contributed by atoms with E-state index in [-0.39, 0.29) is 33.5 Å². The fourth-order valence-corrected chi connectivity index (χ4v) is 6.14. The van der Waals surface area contributed by atoms with E-state index in [9.17, 15) is 28.1 Å². The second kappa shape index (κ2) is 11.1. The van der Waals surface area contributed by atoms with Gasteiger partial charge in [-0.3, -0.25) is 24.6 Å². The first-order valence-corrected chi connectivity index (χ1v) is 14.2. The van der Waals surface area contributed by atoms with Crippen molar-refractivity contribution in [3.63, 3.8) is 0 Å². The highest BCUT2D eigenvalue weighted by atomic mass is 127. The molecule has 0 saturated carbocycles. The molecule has 196 valence electrons.